The van der Waals surface area contributed by atoms with Crippen LogP contribution < -0.4 is 11.2 Å². The topological polar surface area (TPSA) is 80.6 Å². The van der Waals surface area contributed by atoms with Crippen LogP contribution in [0.15, 0.2) is 58.1 Å². The van der Waals surface area contributed by atoms with Crippen molar-refractivity contribution in [3.05, 3.63) is 69.4 Å². The molecule has 3 aromatic carbocycles. The first-order chi connectivity index (χ1) is 12.1. The lowest BCUT2D eigenvalue weighted by Crippen LogP contribution is -2.29. The molecular weight excluding hydrogens is 316 g/mol. The highest BCUT2D eigenvalue weighted by Crippen LogP contribution is 2.33. The molecule has 2 heterocycles. The normalized spacial score (nSPS) is 11.7. The van der Waals surface area contributed by atoms with Gasteiger partial charge in [0.25, 0.3) is 5.56 Å². The average molecular weight is 328 g/mol. The van der Waals surface area contributed by atoms with E-state index in [2.05, 4.69) is 15.0 Å². The molecule has 5 aromatic rings. The SMILES string of the molecule is Cn1c(=O)[nH]c(=O)c2nc3c4ccccc4c4ccccc4c3nc21. The predicted octanol–water partition coefficient (Wildman–Crippen LogP) is 2.48. The molecule has 0 saturated carbocycles. The average Bonchev–Trinajstić information content (AvgIpc) is 2.65. The summed E-state index contributed by atoms with van der Waals surface area (Å²) in [6.45, 7) is 0. The first-order valence-electron chi connectivity index (χ1n) is 7.85. The molecule has 0 bridgehead atoms. The molecule has 120 valence electrons. The molecule has 0 aliphatic heterocycles. The van der Waals surface area contributed by atoms with Crippen molar-refractivity contribution in [3.8, 4) is 0 Å². The fourth-order valence-electron chi connectivity index (χ4n) is 3.37. The summed E-state index contributed by atoms with van der Waals surface area (Å²) in [5.74, 6) is 0. The fraction of sp³-hybridized carbons (Fsp3) is 0.0526. The van der Waals surface area contributed by atoms with E-state index >= 15 is 0 Å². The molecule has 0 radical (unpaired) electrons. The van der Waals surface area contributed by atoms with Gasteiger partial charge in [-0.15, -0.1) is 0 Å². The number of hydrogen-bond acceptors (Lipinski definition) is 4. The van der Waals surface area contributed by atoms with Crippen molar-refractivity contribution in [3.63, 3.8) is 0 Å². The fourth-order valence-corrected chi connectivity index (χ4v) is 3.37. The van der Waals surface area contributed by atoms with Crippen LogP contribution in [0.3, 0.4) is 0 Å². The second-order valence-corrected chi connectivity index (χ2v) is 6.00. The van der Waals surface area contributed by atoms with Crippen LogP contribution in [-0.4, -0.2) is 19.5 Å². The standard InChI is InChI=1S/C19H12N4O2/c1-23-17-16(18(24)22-19(23)25)20-14-12-8-4-2-6-10(12)11-7-3-5-9-13(11)15(14)21-17/h2-9H,1H3,(H,22,24,25). The molecule has 6 heteroatoms. The van der Waals surface area contributed by atoms with Crippen molar-refractivity contribution in [2.75, 3.05) is 0 Å². The van der Waals surface area contributed by atoms with E-state index in [0.29, 0.717) is 11.0 Å². The Morgan fingerprint density at radius 3 is 1.88 bits per heavy atom. The minimum absolute atomic E-state index is 0.162. The molecule has 0 spiro atoms. The highest BCUT2D eigenvalue weighted by molar-refractivity contribution is 6.23. The van der Waals surface area contributed by atoms with Crippen molar-refractivity contribution < 1.29 is 0 Å². The summed E-state index contributed by atoms with van der Waals surface area (Å²) in [5, 5.41) is 3.99. The van der Waals surface area contributed by atoms with E-state index in [9.17, 15) is 9.59 Å². The number of benzene rings is 3. The van der Waals surface area contributed by atoms with Gasteiger partial charge in [-0.25, -0.2) is 14.8 Å². The zero-order valence-corrected chi connectivity index (χ0v) is 13.3. The Bertz CT molecular complexity index is 1450. The van der Waals surface area contributed by atoms with Gasteiger partial charge in [-0.05, 0) is 10.8 Å². The molecule has 2 aromatic heterocycles. The van der Waals surface area contributed by atoms with Crippen LogP contribution >= 0.6 is 0 Å². The van der Waals surface area contributed by atoms with E-state index in [0.717, 1.165) is 21.5 Å². The van der Waals surface area contributed by atoms with Crippen molar-refractivity contribution >= 4 is 43.7 Å². The minimum Gasteiger partial charge on any atom is -0.279 e. The Kier molecular flexibility index (Phi) is 2.62. The van der Waals surface area contributed by atoms with Crippen LogP contribution in [0.5, 0.6) is 0 Å². The van der Waals surface area contributed by atoms with Gasteiger partial charge in [-0.2, -0.15) is 0 Å². The third kappa shape index (κ3) is 1.79. The summed E-state index contributed by atoms with van der Waals surface area (Å²) >= 11 is 0. The van der Waals surface area contributed by atoms with Crippen LogP contribution in [-0.2, 0) is 7.05 Å². The van der Waals surface area contributed by atoms with Crippen LogP contribution in [0.1, 0.15) is 0 Å². The van der Waals surface area contributed by atoms with E-state index in [1.807, 2.05) is 48.5 Å². The molecule has 5 rings (SSSR count). The molecule has 25 heavy (non-hydrogen) atoms. The third-order valence-electron chi connectivity index (χ3n) is 4.59. The van der Waals surface area contributed by atoms with E-state index < -0.39 is 11.2 Å². The quantitative estimate of drug-likeness (QED) is 0.350. The lowest BCUT2D eigenvalue weighted by atomic mass is 9.99. The molecule has 0 atom stereocenters. The number of aryl methyl sites for hydroxylation is 1. The number of nitrogens with zero attached hydrogens (tertiary/aromatic N) is 3. The summed E-state index contributed by atoms with van der Waals surface area (Å²) in [5.41, 5.74) is 0.756. The maximum absolute atomic E-state index is 12.2. The number of H-pyrrole nitrogens is 1. The lowest BCUT2D eigenvalue weighted by molar-refractivity contribution is 0.828. The molecule has 0 aliphatic carbocycles. The van der Waals surface area contributed by atoms with Gasteiger partial charge >= 0.3 is 5.69 Å². The third-order valence-corrected chi connectivity index (χ3v) is 4.59. The molecule has 0 fully saturated rings. The van der Waals surface area contributed by atoms with Crippen molar-refractivity contribution in [1.82, 2.24) is 19.5 Å². The van der Waals surface area contributed by atoms with Crippen molar-refractivity contribution in [2.24, 2.45) is 7.05 Å². The summed E-state index contributed by atoms with van der Waals surface area (Å²) in [6, 6.07) is 15.9. The summed E-state index contributed by atoms with van der Waals surface area (Å²) in [4.78, 5) is 35.7. The number of fused-ring (bicyclic) bond motifs is 7. The lowest BCUT2D eigenvalue weighted by Gasteiger charge is -2.10. The largest absolute Gasteiger partial charge is 0.329 e. The maximum atomic E-state index is 12.2. The van der Waals surface area contributed by atoms with Gasteiger partial charge in [0.15, 0.2) is 11.2 Å². The molecule has 0 unspecified atom stereocenters. The number of aromatic amines is 1. The van der Waals surface area contributed by atoms with Crippen LogP contribution in [0.4, 0.5) is 0 Å². The van der Waals surface area contributed by atoms with Gasteiger partial charge in [0.2, 0.25) is 0 Å². The first-order valence-corrected chi connectivity index (χ1v) is 7.85. The smallest absolute Gasteiger partial charge is 0.279 e. The number of hydrogen-bond donors (Lipinski definition) is 1. The van der Waals surface area contributed by atoms with E-state index in [1.165, 1.54) is 4.57 Å². The molecule has 1 N–H and O–H groups in total. The summed E-state index contributed by atoms with van der Waals surface area (Å²) < 4.78 is 1.31. The monoisotopic (exact) mass is 328 g/mol. The zero-order valence-electron chi connectivity index (χ0n) is 13.3. The Morgan fingerprint density at radius 1 is 0.760 bits per heavy atom. The highest BCUT2D eigenvalue weighted by Gasteiger charge is 2.14. The van der Waals surface area contributed by atoms with Crippen LogP contribution in [0, 0.1) is 0 Å². The van der Waals surface area contributed by atoms with Gasteiger partial charge in [0.1, 0.15) is 0 Å². The van der Waals surface area contributed by atoms with Gasteiger partial charge in [-0.3, -0.25) is 14.3 Å². The van der Waals surface area contributed by atoms with E-state index in [-0.39, 0.29) is 11.2 Å². The minimum atomic E-state index is -0.523. The van der Waals surface area contributed by atoms with Gasteiger partial charge < -0.3 is 0 Å². The number of aromatic nitrogens is 4. The van der Waals surface area contributed by atoms with E-state index in [1.54, 1.807) is 7.05 Å². The van der Waals surface area contributed by atoms with Crippen LogP contribution in [0.25, 0.3) is 43.7 Å². The molecule has 0 aliphatic rings. The molecule has 0 saturated heterocycles. The maximum Gasteiger partial charge on any atom is 0.329 e. The second-order valence-electron chi connectivity index (χ2n) is 6.00. The first kappa shape index (κ1) is 13.9. The van der Waals surface area contributed by atoms with E-state index in [4.69, 9.17) is 0 Å². The highest BCUT2D eigenvalue weighted by atomic mass is 16.2. The second kappa shape index (κ2) is 4.73. The Balaban J connectivity index is 2.19. The van der Waals surface area contributed by atoms with Gasteiger partial charge in [0.05, 0.1) is 11.0 Å². The number of nitrogens with one attached hydrogen (secondary N) is 1. The van der Waals surface area contributed by atoms with Gasteiger partial charge in [-0.1, -0.05) is 48.5 Å². The van der Waals surface area contributed by atoms with Crippen LogP contribution in [0.2, 0.25) is 0 Å². The summed E-state index contributed by atoms with van der Waals surface area (Å²) in [6.07, 6.45) is 0. The molecular formula is C19H12N4O2. The zero-order chi connectivity index (χ0) is 17.1. The molecule has 0 amide bonds. The van der Waals surface area contributed by atoms with Crippen molar-refractivity contribution in [1.29, 1.82) is 0 Å². The van der Waals surface area contributed by atoms with Crippen molar-refractivity contribution in [2.45, 2.75) is 0 Å². The Morgan fingerprint density at radius 2 is 1.28 bits per heavy atom. The van der Waals surface area contributed by atoms with Gasteiger partial charge in [0, 0.05) is 17.8 Å². The summed E-state index contributed by atoms with van der Waals surface area (Å²) in [7, 11) is 1.57. The Hall–Kier alpha value is -3.54. The molecule has 6 nitrogen and oxygen atoms in total. The predicted molar refractivity (Wildman–Crippen MR) is 97.9 cm³/mol. The Labute approximate surface area is 140 Å². The number of rotatable bonds is 0.